The van der Waals surface area contributed by atoms with Gasteiger partial charge < -0.3 is 9.80 Å². The van der Waals surface area contributed by atoms with Crippen LogP contribution >= 0.6 is 0 Å². The quantitative estimate of drug-likeness (QED) is 0.201. The Kier molecular flexibility index (Phi) is 11.0. The molecule has 4 atom stereocenters. The second-order valence-corrected chi connectivity index (χ2v) is 12.9. The van der Waals surface area contributed by atoms with Crippen LogP contribution in [-0.4, -0.2) is 45.9 Å². The van der Waals surface area contributed by atoms with Crippen molar-refractivity contribution in [1.29, 1.82) is 0 Å². The van der Waals surface area contributed by atoms with E-state index in [1.807, 2.05) is 4.90 Å². The van der Waals surface area contributed by atoms with E-state index in [0.717, 1.165) is 44.2 Å². The van der Waals surface area contributed by atoms with Crippen LogP contribution in [0.5, 0.6) is 0 Å². The molecule has 0 radical (unpaired) electrons. The largest absolute Gasteiger partial charge is 0.417 e. The van der Waals surface area contributed by atoms with Crippen molar-refractivity contribution in [3.8, 4) is 0 Å². The number of hydrogen-bond donors (Lipinski definition) is 0. The molecule has 4 rings (SSSR count). The van der Waals surface area contributed by atoms with E-state index in [0.29, 0.717) is 18.0 Å². The lowest BCUT2D eigenvalue weighted by Crippen LogP contribution is -2.41. The fraction of sp³-hybridized carbons (Fsp3) is 0.818. The fourth-order valence-electron chi connectivity index (χ4n) is 7.78. The Morgan fingerprint density at radius 3 is 2.17 bits per heavy atom. The molecule has 40 heavy (non-hydrogen) atoms. The van der Waals surface area contributed by atoms with Gasteiger partial charge in [-0.15, -0.1) is 0 Å². The number of alkyl halides is 3. The maximum atomic E-state index is 14.0. The van der Waals surface area contributed by atoms with Gasteiger partial charge in [0.15, 0.2) is 0 Å². The molecule has 3 heterocycles. The SMILES string of the molecule is CCCCCCCCN(CCCCCCCC)[C@@H]1CC[C@@]2(C1)C(=O)N1Cc3cc(C(F)(F)F)cnc3CC1C2C. The number of rotatable bonds is 15. The summed E-state index contributed by atoms with van der Waals surface area (Å²) in [4.78, 5) is 22.9. The zero-order chi connectivity index (χ0) is 28.8. The number of carbonyl (C=O) groups is 1. The number of fused-ring (bicyclic) bond motifs is 2. The summed E-state index contributed by atoms with van der Waals surface area (Å²) in [7, 11) is 0. The lowest BCUT2D eigenvalue weighted by atomic mass is 9.73. The van der Waals surface area contributed by atoms with E-state index >= 15 is 0 Å². The molecule has 1 aliphatic carbocycles. The standard InChI is InChI=1S/C33H52F3N3O/c1-4-6-8-10-12-14-18-38(19-15-13-11-9-7-5-2)28-16-17-32(22-28)25(3)30-21-29-26(24-39(30)31(32)40)20-27(23-37-29)33(34,35)36/h20,23,25,28,30H,4-19,21-22,24H2,1-3H3/t25?,28-,30?,32+/m1/s1. The Morgan fingerprint density at radius 1 is 0.975 bits per heavy atom. The van der Waals surface area contributed by atoms with Crippen molar-refractivity contribution in [3.63, 3.8) is 0 Å². The van der Waals surface area contributed by atoms with Gasteiger partial charge in [0.1, 0.15) is 0 Å². The number of aromatic nitrogens is 1. The average molecular weight is 564 g/mol. The van der Waals surface area contributed by atoms with Crippen molar-refractivity contribution in [3.05, 3.63) is 29.1 Å². The highest BCUT2D eigenvalue weighted by atomic mass is 19.4. The Hall–Kier alpha value is -1.63. The monoisotopic (exact) mass is 563 g/mol. The molecule has 0 aromatic carbocycles. The Labute approximate surface area is 240 Å². The lowest BCUT2D eigenvalue weighted by Gasteiger charge is -2.33. The van der Waals surface area contributed by atoms with E-state index < -0.39 is 11.7 Å². The first-order valence-corrected chi connectivity index (χ1v) is 16.3. The van der Waals surface area contributed by atoms with Gasteiger partial charge in [-0.3, -0.25) is 9.78 Å². The number of unbranched alkanes of at least 4 members (excludes halogenated alkanes) is 10. The molecular formula is C33H52F3N3O. The summed E-state index contributed by atoms with van der Waals surface area (Å²) in [5.41, 5.74) is 0.185. The van der Waals surface area contributed by atoms with Crippen LogP contribution in [-0.2, 0) is 23.9 Å². The van der Waals surface area contributed by atoms with Crippen LogP contribution < -0.4 is 0 Å². The zero-order valence-electron chi connectivity index (χ0n) is 25.2. The number of hydrogen-bond acceptors (Lipinski definition) is 3. The first-order chi connectivity index (χ1) is 19.2. The minimum Gasteiger partial charge on any atom is -0.334 e. The predicted octanol–water partition coefficient (Wildman–Crippen LogP) is 8.57. The van der Waals surface area contributed by atoms with E-state index in [1.54, 1.807) is 0 Å². The molecule has 0 bridgehead atoms. The van der Waals surface area contributed by atoms with E-state index in [4.69, 9.17) is 0 Å². The Morgan fingerprint density at radius 2 is 1.57 bits per heavy atom. The van der Waals surface area contributed by atoms with E-state index in [9.17, 15) is 18.0 Å². The zero-order valence-corrected chi connectivity index (χ0v) is 25.2. The van der Waals surface area contributed by atoms with Crippen LogP contribution in [0.15, 0.2) is 12.3 Å². The van der Waals surface area contributed by atoms with Crippen LogP contribution in [0.3, 0.4) is 0 Å². The van der Waals surface area contributed by atoms with Crippen LogP contribution in [0.25, 0.3) is 0 Å². The molecule has 1 amide bonds. The fourth-order valence-corrected chi connectivity index (χ4v) is 7.78. The number of amides is 1. The molecule has 1 saturated carbocycles. The molecule has 3 aliphatic rings. The first kappa shape index (κ1) is 31.3. The number of halogens is 3. The third-order valence-electron chi connectivity index (χ3n) is 10.3. The van der Waals surface area contributed by atoms with Gasteiger partial charge in [0, 0.05) is 36.9 Å². The molecule has 0 N–H and O–H groups in total. The van der Waals surface area contributed by atoms with Gasteiger partial charge in [0.05, 0.1) is 11.0 Å². The first-order valence-electron chi connectivity index (χ1n) is 16.3. The molecular weight excluding hydrogens is 511 g/mol. The summed E-state index contributed by atoms with van der Waals surface area (Å²) in [6.07, 6.45) is 15.4. The van der Waals surface area contributed by atoms with Crippen LogP contribution in [0.2, 0.25) is 0 Å². The molecule has 2 unspecified atom stereocenters. The van der Waals surface area contributed by atoms with Crippen molar-refractivity contribution < 1.29 is 18.0 Å². The van der Waals surface area contributed by atoms with E-state index in [1.165, 1.54) is 83.1 Å². The van der Waals surface area contributed by atoms with Gasteiger partial charge in [-0.05, 0) is 62.7 Å². The van der Waals surface area contributed by atoms with Crippen molar-refractivity contribution >= 4 is 5.91 Å². The topological polar surface area (TPSA) is 36.4 Å². The van der Waals surface area contributed by atoms with Crippen LogP contribution in [0, 0.1) is 11.3 Å². The maximum Gasteiger partial charge on any atom is 0.417 e. The van der Waals surface area contributed by atoms with Gasteiger partial charge in [0.2, 0.25) is 5.91 Å². The van der Waals surface area contributed by atoms with Gasteiger partial charge in [-0.25, -0.2) is 0 Å². The maximum absolute atomic E-state index is 14.0. The third-order valence-corrected chi connectivity index (χ3v) is 10.3. The minimum absolute atomic E-state index is 0.0357. The van der Waals surface area contributed by atoms with Crippen molar-refractivity contribution in [2.45, 2.75) is 148 Å². The Bertz CT molecular complexity index is 951. The molecule has 2 fully saturated rings. The van der Waals surface area contributed by atoms with Gasteiger partial charge in [-0.2, -0.15) is 13.2 Å². The second kappa shape index (κ2) is 14.0. The average Bonchev–Trinajstić information content (AvgIpc) is 3.46. The van der Waals surface area contributed by atoms with Crippen molar-refractivity contribution in [2.75, 3.05) is 13.1 Å². The van der Waals surface area contributed by atoms with Crippen molar-refractivity contribution in [2.24, 2.45) is 11.3 Å². The second-order valence-electron chi connectivity index (χ2n) is 12.9. The minimum atomic E-state index is -4.42. The number of pyridine rings is 1. The lowest BCUT2D eigenvalue weighted by molar-refractivity contribution is -0.138. The summed E-state index contributed by atoms with van der Waals surface area (Å²) in [5.74, 6) is 0.363. The predicted molar refractivity (Wildman–Crippen MR) is 155 cm³/mol. The number of nitrogens with zero attached hydrogens (tertiary/aromatic N) is 3. The molecule has 1 aromatic rings. The molecule has 7 heteroatoms. The molecule has 1 aromatic heterocycles. The summed E-state index contributed by atoms with van der Waals surface area (Å²) in [5, 5.41) is 0. The van der Waals surface area contributed by atoms with Crippen LogP contribution in [0.4, 0.5) is 13.2 Å². The number of carbonyl (C=O) groups excluding carboxylic acids is 1. The smallest absolute Gasteiger partial charge is 0.334 e. The molecule has 2 aliphatic heterocycles. The summed E-state index contributed by atoms with van der Waals surface area (Å²) < 4.78 is 40.0. The summed E-state index contributed by atoms with van der Waals surface area (Å²) >= 11 is 0. The highest BCUT2D eigenvalue weighted by molar-refractivity contribution is 5.87. The summed E-state index contributed by atoms with van der Waals surface area (Å²) in [6.45, 7) is 9.22. The third kappa shape index (κ3) is 7.04. The molecule has 226 valence electrons. The molecule has 1 spiro atoms. The van der Waals surface area contributed by atoms with Gasteiger partial charge in [-0.1, -0.05) is 85.0 Å². The normalized spacial score (nSPS) is 26.2. The van der Waals surface area contributed by atoms with E-state index in [2.05, 4.69) is 30.7 Å². The highest BCUT2D eigenvalue weighted by Gasteiger charge is 2.60. The van der Waals surface area contributed by atoms with Gasteiger partial charge in [0.25, 0.3) is 0 Å². The van der Waals surface area contributed by atoms with Gasteiger partial charge >= 0.3 is 6.18 Å². The van der Waals surface area contributed by atoms with Crippen LogP contribution in [0.1, 0.15) is 134 Å². The molecule has 1 saturated heterocycles. The highest BCUT2D eigenvalue weighted by Crippen LogP contribution is 2.55. The van der Waals surface area contributed by atoms with E-state index in [-0.39, 0.29) is 29.8 Å². The Balaban J connectivity index is 1.41. The summed E-state index contributed by atoms with van der Waals surface area (Å²) in [6, 6.07) is 1.67. The van der Waals surface area contributed by atoms with Crippen molar-refractivity contribution in [1.82, 2.24) is 14.8 Å². The molecule has 4 nitrogen and oxygen atoms in total.